The Kier molecular flexibility index (Phi) is 4.41. The number of thiocarbonyl (C=S) groups is 1. The smallest absolute Gasteiger partial charge is 0.199 e. The number of aromatic nitrogens is 1. The van der Waals surface area contributed by atoms with E-state index in [4.69, 9.17) is 22.2 Å². The number of pyridine rings is 1. The Labute approximate surface area is 105 Å². The van der Waals surface area contributed by atoms with Crippen LogP contribution < -0.4 is 5.43 Å². The third-order valence-corrected chi connectivity index (χ3v) is 2.28. The SMILES string of the molecule is Cc1cc(=O)c(C#N)c(CC(=S)OC(C)C)[nH]1. The van der Waals surface area contributed by atoms with Gasteiger partial charge in [-0.15, -0.1) is 0 Å². The first-order valence-corrected chi connectivity index (χ1v) is 5.67. The van der Waals surface area contributed by atoms with E-state index in [0.29, 0.717) is 16.4 Å². The summed E-state index contributed by atoms with van der Waals surface area (Å²) in [6, 6.07) is 3.29. The molecule has 0 bridgehead atoms. The second kappa shape index (κ2) is 5.60. The molecule has 4 nitrogen and oxygen atoms in total. The lowest BCUT2D eigenvalue weighted by Crippen LogP contribution is -2.17. The molecule has 1 heterocycles. The molecule has 0 radical (unpaired) electrons. The van der Waals surface area contributed by atoms with Gasteiger partial charge < -0.3 is 9.72 Å². The van der Waals surface area contributed by atoms with Gasteiger partial charge in [0, 0.05) is 17.5 Å². The van der Waals surface area contributed by atoms with E-state index >= 15 is 0 Å². The van der Waals surface area contributed by atoms with Crippen molar-refractivity contribution >= 4 is 17.3 Å². The highest BCUT2D eigenvalue weighted by Crippen LogP contribution is 2.05. The number of hydrogen-bond acceptors (Lipinski definition) is 4. The maximum absolute atomic E-state index is 11.6. The summed E-state index contributed by atoms with van der Waals surface area (Å²) in [6.45, 7) is 5.51. The second-order valence-corrected chi connectivity index (χ2v) is 4.45. The molecule has 0 unspecified atom stereocenters. The van der Waals surface area contributed by atoms with Crippen LogP contribution in [-0.4, -0.2) is 16.1 Å². The number of aryl methyl sites for hydroxylation is 1. The zero-order valence-electron chi connectivity index (χ0n) is 10.0. The van der Waals surface area contributed by atoms with Crippen molar-refractivity contribution in [2.24, 2.45) is 0 Å². The topological polar surface area (TPSA) is 65.9 Å². The van der Waals surface area contributed by atoms with E-state index in [1.54, 1.807) is 6.92 Å². The lowest BCUT2D eigenvalue weighted by atomic mass is 10.1. The minimum atomic E-state index is -0.286. The van der Waals surface area contributed by atoms with Gasteiger partial charge >= 0.3 is 0 Å². The maximum Gasteiger partial charge on any atom is 0.199 e. The molecule has 5 heteroatoms. The molecule has 0 aliphatic carbocycles. The van der Waals surface area contributed by atoms with Crippen LogP contribution in [-0.2, 0) is 11.2 Å². The van der Waals surface area contributed by atoms with E-state index in [2.05, 4.69) is 4.98 Å². The van der Waals surface area contributed by atoms with E-state index < -0.39 is 0 Å². The van der Waals surface area contributed by atoms with Crippen LogP contribution in [0.2, 0.25) is 0 Å². The number of H-pyrrole nitrogens is 1. The Balaban J connectivity index is 3.03. The van der Waals surface area contributed by atoms with Crippen LogP contribution in [0.5, 0.6) is 0 Å². The highest BCUT2D eigenvalue weighted by Gasteiger charge is 2.11. The fourth-order valence-electron chi connectivity index (χ4n) is 1.46. The van der Waals surface area contributed by atoms with Crippen molar-refractivity contribution in [2.45, 2.75) is 33.3 Å². The Morgan fingerprint density at radius 2 is 2.29 bits per heavy atom. The van der Waals surface area contributed by atoms with E-state index in [9.17, 15) is 4.79 Å². The average molecular weight is 250 g/mol. The molecule has 0 spiro atoms. The fraction of sp³-hybridized carbons (Fsp3) is 0.417. The molecule has 0 saturated carbocycles. The van der Waals surface area contributed by atoms with E-state index in [1.165, 1.54) is 6.07 Å². The molecule has 0 aromatic carbocycles. The molecule has 0 aliphatic rings. The molecular weight excluding hydrogens is 236 g/mol. The first-order valence-electron chi connectivity index (χ1n) is 5.26. The molecule has 0 atom stereocenters. The van der Waals surface area contributed by atoms with Gasteiger partial charge in [-0.2, -0.15) is 5.26 Å². The summed E-state index contributed by atoms with van der Waals surface area (Å²) in [5.74, 6) is 0. The summed E-state index contributed by atoms with van der Waals surface area (Å²) in [5.41, 5.74) is 1.04. The minimum absolute atomic E-state index is 0.00966. The first-order chi connectivity index (χ1) is 7.93. The number of ether oxygens (including phenoxy) is 1. The molecule has 0 fully saturated rings. The van der Waals surface area contributed by atoms with Gasteiger partial charge in [0.15, 0.2) is 10.5 Å². The molecular formula is C12H14N2O2S. The van der Waals surface area contributed by atoms with E-state index in [1.807, 2.05) is 19.9 Å². The van der Waals surface area contributed by atoms with Crippen molar-refractivity contribution in [3.63, 3.8) is 0 Å². The van der Waals surface area contributed by atoms with Gasteiger partial charge in [0.05, 0.1) is 12.5 Å². The molecule has 0 aliphatic heterocycles. The normalized spacial score (nSPS) is 10.1. The molecule has 0 amide bonds. The average Bonchev–Trinajstić information content (AvgIpc) is 2.15. The molecule has 1 aromatic heterocycles. The molecule has 1 aromatic rings. The van der Waals surface area contributed by atoms with Crippen LogP contribution in [0.3, 0.4) is 0 Å². The lowest BCUT2D eigenvalue weighted by Gasteiger charge is -2.11. The van der Waals surface area contributed by atoms with Crippen LogP contribution in [0.15, 0.2) is 10.9 Å². The van der Waals surface area contributed by atoms with Gasteiger partial charge in [0.2, 0.25) is 0 Å². The summed E-state index contributed by atoms with van der Waals surface area (Å²) in [4.78, 5) is 14.6. The number of rotatable bonds is 3. The highest BCUT2D eigenvalue weighted by atomic mass is 32.1. The molecule has 90 valence electrons. The predicted octanol–water partition coefficient (Wildman–Crippen LogP) is 1.85. The molecule has 1 rings (SSSR count). The van der Waals surface area contributed by atoms with Crippen molar-refractivity contribution in [1.82, 2.24) is 4.98 Å². The van der Waals surface area contributed by atoms with Crippen molar-refractivity contribution in [3.8, 4) is 6.07 Å². The first kappa shape index (κ1) is 13.4. The Morgan fingerprint density at radius 3 is 2.82 bits per heavy atom. The maximum atomic E-state index is 11.6. The van der Waals surface area contributed by atoms with E-state index in [0.717, 1.165) is 0 Å². The van der Waals surface area contributed by atoms with Gasteiger partial charge in [-0.1, -0.05) is 0 Å². The van der Waals surface area contributed by atoms with Crippen molar-refractivity contribution < 1.29 is 4.74 Å². The van der Waals surface area contributed by atoms with Crippen LogP contribution in [0.1, 0.15) is 30.8 Å². The molecule has 0 saturated heterocycles. The van der Waals surface area contributed by atoms with Gasteiger partial charge in [0.1, 0.15) is 11.6 Å². The van der Waals surface area contributed by atoms with Gasteiger partial charge in [-0.25, -0.2) is 0 Å². The zero-order chi connectivity index (χ0) is 13.0. The largest absolute Gasteiger partial charge is 0.484 e. The van der Waals surface area contributed by atoms with Crippen LogP contribution >= 0.6 is 12.2 Å². The standard InChI is InChI=1S/C12H14N2O2S/c1-7(2)16-12(17)5-10-9(6-13)11(15)4-8(3)14-10/h4,7H,5H2,1-3H3,(H,14,15). The molecule has 1 N–H and O–H groups in total. The summed E-state index contributed by atoms with van der Waals surface area (Å²) >= 11 is 5.05. The van der Waals surface area contributed by atoms with Crippen molar-refractivity contribution in [1.29, 1.82) is 5.26 Å². The second-order valence-electron chi connectivity index (χ2n) is 4.00. The van der Waals surface area contributed by atoms with Crippen molar-refractivity contribution in [2.75, 3.05) is 0 Å². The number of nitrogens with one attached hydrogen (secondary N) is 1. The fourth-order valence-corrected chi connectivity index (χ4v) is 1.79. The third-order valence-electron chi connectivity index (χ3n) is 2.04. The highest BCUT2D eigenvalue weighted by molar-refractivity contribution is 7.80. The number of nitrogens with zero attached hydrogens (tertiary/aromatic N) is 1. The number of hydrogen-bond donors (Lipinski definition) is 1. The minimum Gasteiger partial charge on any atom is -0.484 e. The van der Waals surface area contributed by atoms with E-state index in [-0.39, 0.29) is 23.5 Å². The summed E-state index contributed by atoms with van der Waals surface area (Å²) in [7, 11) is 0. The summed E-state index contributed by atoms with van der Waals surface area (Å²) < 4.78 is 5.33. The number of aromatic amines is 1. The van der Waals surface area contributed by atoms with Gasteiger partial charge in [-0.3, -0.25) is 4.79 Å². The van der Waals surface area contributed by atoms with Gasteiger partial charge in [-0.05, 0) is 33.0 Å². The Morgan fingerprint density at radius 1 is 1.65 bits per heavy atom. The molecule has 17 heavy (non-hydrogen) atoms. The predicted molar refractivity (Wildman–Crippen MR) is 69.0 cm³/mol. The Bertz CT molecular complexity index is 526. The third kappa shape index (κ3) is 3.68. The van der Waals surface area contributed by atoms with Crippen LogP contribution in [0.25, 0.3) is 0 Å². The van der Waals surface area contributed by atoms with Crippen LogP contribution in [0, 0.1) is 18.3 Å². The van der Waals surface area contributed by atoms with Crippen molar-refractivity contribution in [3.05, 3.63) is 33.2 Å². The zero-order valence-corrected chi connectivity index (χ0v) is 10.9. The lowest BCUT2D eigenvalue weighted by molar-refractivity contribution is 0.230. The summed E-state index contributed by atoms with van der Waals surface area (Å²) in [5, 5.41) is 9.30. The monoisotopic (exact) mass is 250 g/mol. The van der Waals surface area contributed by atoms with Crippen LogP contribution in [0.4, 0.5) is 0 Å². The Hall–Kier alpha value is -1.67. The summed E-state index contributed by atoms with van der Waals surface area (Å²) in [6.07, 6.45) is 0.261. The van der Waals surface area contributed by atoms with Gasteiger partial charge in [0.25, 0.3) is 0 Å². The quantitative estimate of drug-likeness (QED) is 0.831. The number of nitriles is 1.